The molecule has 0 radical (unpaired) electrons. The lowest BCUT2D eigenvalue weighted by atomic mass is 10.1. The van der Waals surface area contributed by atoms with Gasteiger partial charge in [0.25, 0.3) is 0 Å². The quantitative estimate of drug-likeness (QED) is 0.854. The Morgan fingerprint density at radius 1 is 1.46 bits per heavy atom. The van der Waals surface area contributed by atoms with E-state index in [1.165, 1.54) is 4.88 Å². The van der Waals surface area contributed by atoms with E-state index in [0.29, 0.717) is 13.2 Å². The van der Waals surface area contributed by atoms with Crippen LogP contribution in [0.5, 0.6) is 0 Å². The van der Waals surface area contributed by atoms with Crippen LogP contribution in [0, 0.1) is 0 Å². The minimum Gasteiger partial charge on any atom is -0.379 e. The summed E-state index contributed by atoms with van der Waals surface area (Å²) in [6.45, 7) is 7.37. The molecular weight excluding hydrogens is 326 g/mol. The molecule has 1 aromatic rings. The van der Waals surface area contributed by atoms with Crippen LogP contribution in [0.4, 0.5) is 0 Å². The Morgan fingerprint density at radius 2 is 2.25 bits per heavy atom. The molecule has 7 heteroatoms. The first kappa shape index (κ1) is 17.8. The van der Waals surface area contributed by atoms with Crippen molar-refractivity contribution in [3.8, 4) is 0 Å². The number of amides is 1. The summed E-state index contributed by atoms with van der Waals surface area (Å²) in [5.41, 5.74) is 0. The summed E-state index contributed by atoms with van der Waals surface area (Å²) >= 11 is 1.75. The number of nitrogens with one attached hydrogen (secondary N) is 1. The van der Waals surface area contributed by atoms with Gasteiger partial charge >= 0.3 is 0 Å². The molecule has 0 bridgehead atoms. The van der Waals surface area contributed by atoms with Gasteiger partial charge in [0.1, 0.15) is 6.04 Å². The Bertz CT molecular complexity index is 519. The highest BCUT2D eigenvalue weighted by Crippen LogP contribution is 2.27. The lowest BCUT2D eigenvalue weighted by Gasteiger charge is -2.38. The maximum Gasteiger partial charge on any atom is 0.242 e. The molecule has 0 aromatic carbocycles. The highest BCUT2D eigenvalue weighted by molar-refractivity contribution is 7.10. The molecule has 1 unspecified atom stereocenters. The second-order valence-corrected chi connectivity index (χ2v) is 7.39. The zero-order valence-corrected chi connectivity index (χ0v) is 15.3. The van der Waals surface area contributed by atoms with E-state index in [-0.39, 0.29) is 24.1 Å². The van der Waals surface area contributed by atoms with Crippen molar-refractivity contribution in [1.29, 1.82) is 0 Å². The average Bonchev–Trinajstić information content (AvgIpc) is 3.14. The summed E-state index contributed by atoms with van der Waals surface area (Å²) in [4.78, 5) is 18.4. The molecule has 0 spiro atoms. The molecule has 0 saturated carbocycles. The van der Waals surface area contributed by atoms with Crippen molar-refractivity contribution in [2.45, 2.75) is 25.1 Å². The van der Waals surface area contributed by atoms with Crippen molar-refractivity contribution in [3.63, 3.8) is 0 Å². The predicted octanol–water partition coefficient (Wildman–Crippen LogP) is 0.957. The van der Waals surface area contributed by atoms with Gasteiger partial charge < -0.3 is 19.7 Å². The molecule has 134 valence electrons. The number of hydrogen-bond acceptors (Lipinski definition) is 6. The van der Waals surface area contributed by atoms with Crippen LogP contribution < -0.4 is 5.32 Å². The van der Waals surface area contributed by atoms with Gasteiger partial charge in [-0.25, -0.2) is 0 Å². The molecule has 0 aliphatic carbocycles. The van der Waals surface area contributed by atoms with Gasteiger partial charge in [-0.15, -0.1) is 11.3 Å². The minimum atomic E-state index is -0.252. The SMILES string of the molecule is C[C@H]1OCCN[C@@H]1C(=O)N(C)CC(c1cccs1)N1CCOCC1. The molecule has 2 aliphatic rings. The third kappa shape index (κ3) is 4.15. The van der Waals surface area contributed by atoms with Gasteiger partial charge in [0.15, 0.2) is 0 Å². The fourth-order valence-corrected chi connectivity index (χ4v) is 4.20. The first-order valence-electron chi connectivity index (χ1n) is 8.62. The van der Waals surface area contributed by atoms with E-state index >= 15 is 0 Å². The van der Waals surface area contributed by atoms with Crippen LogP contribution in [0.3, 0.4) is 0 Å². The third-order valence-corrected chi connectivity index (χ3v) is 5.74. The molecule has 3 atom stereocenters. The molecule has 1 aromatic heterocycles. The number of morpholine rings is 2. The Morgan fingerprint density at radius 3 is 2.92 bits per heavy atom. The van der Waals surface area contributed by atoms with Crippen LogP contribution in [0.1, 0.15) is 17.8 Å². The number of rotatable bonds is 5. The molecule has 24 heavy (non-hydrogen) atoms. The number of ether oxygens (including phenoxy) is 2. The molecule has 2 saturated heterocycles. The number of hydrogen-bond donors (Lipinski definition) is 1. The van der Waals surface area contributed by atoms with Crippen LogP contribution in [0.15, 0.2) is 17.5 Å². The van der Waals surface area contributed by atoms with E-state index in [2.05, 4.69) is 27.7 Å². The van der Waals surface area contributed by atoms with Crippen LogP contribution in [-0.2, 0) is 14.3 Å². The first-order valence-corrected chi connectivity index (χ1v) is 9.50. The largest absolute Gasteiger partial charge is 0.379 e. The van der Waals surface area contributed by atoms with Gasteiger partial charge in [-0.1, -0.05) is 6.07 Å². The van der Waals surface area contributed by atoms with Gasteiger partial charge in [-0.05, 0) is 18.4 Å². The van der Waals surface area contributed by atoms with E-state index in [4.69, 9.17) is 9.47 Å². The normalized spacial score (nSPS) is 26.9. The van der Waals surface area contributed by atoms with Crippen LogP contribution in [0.2, 0.25) is 0 Å². The Kier molecular flexibility index (Phi) is 6.24. The number of carbonyl (C=O) groups excluding carboxylic acids is 1. The summed E-state index contributed by atoms with van der Waals surface area (Å²) in [6.07, 6.45) is -0.0859. The predicted molar refractivity (Wildman–Crippen MR) is 94.3 cm³/mol. The summed E-state index contributed by atoms with van der Waals surface area (Å²) in [6, 6.07) is 4.21. The molecule has 3 rings (SSSR count). The average molecular weight is 353 g/mol. The second-order valence-electron chi connectivity index (χ2n) is 6.41. The van der Waals surface area contributed by atoms with Gasteiger partial charge in [-0.2, -0.15) is 0 Å². The van der Waals surface area contributed by atoms with E-state index < -0.39 is 0 Å². The maximum absolute atomic E-state index is 12.8. The monoisotopic (exact) mass is 353 g/mol. The standard InChI is InChI=1S/C17H27N3O3S/c1-13-16(18-5-8-23-13)17(21)19(2)12-14(15-4-3-11-24-15)20-6-9-22-10-7-20/h3-4,11,13-14,16,18H,5-10,12H2,1-2H3/t13-,14?,16+/m1/s1. The lowest BCUT2D eigenvalue weighted by Crippen LogP contribution is -2.56. The molecule has 2 aliphatic heterocycles. The zero-order valence-electron chi connectivity index (χ0n) is 14.4. The maximum atomic E-state index is 12.8. The molecule has 6 nitrogen and oxygen atoms in total. The zero-order chi connectivity index (χ0) is 16.9. The number of thiophene rings is 1. The van der Waals surface area contributed by atoms with E-state index in [1.807, 2.05) is 18.9 Å². The van der Waals surface area contributed by atoms with Crippen molar-refractivity contribution >= 4 is 17.2 Å². The van der Waals surface area contributed by atoms with E-state index in [1.54, 1.807) is 11.3 Å². The van der Waals surface area contributed by atoms with Crippen LogP contribution in [-0.4, -0.2) is 80.9 Å². The Balaban J connectivity index is 1.68. The van der Waals surface area contributed by atoms with Crippen LogP contribution >= 0.6 is 11.3 Å². The van der Waals surface area contributed by atoms with Gasteiger partial charge in [-0.3, -0.25) is 9.69 Å². The van der Waals surface area contributed by atoms with Gasteiger partial charge in [0.05, 0.1) is 32.0 Å². The number of nitrogens with zero attached hydrogens (tertiary/aromatic N) is 2. The highest BCUT2D eigenvalue weighted by Gasteiger charge is 2.33. The molecule has 2 fully saturated rings. The lowest BCUT2D eigenvalue weighted by molar-refractivity contribution is -0.139. The summed E-state index contributed by atoms with van der Waals surface area (Å²) < 4.78 is 11.1. The van der Waals surface area contributed by atoms with Crippen LogP contribution in [0.25, 0.3) is 0 Å². The van der Waals surface area contributed by atoms with Gasteiger partial charge in [0.2, 0.25) is 5.91 Å². The molecule has 1 amide bonds. The smallest absolute Gasteiger partial charge is 0.242 e. The van der Waals surface area contributed by atoms with Crippen molar-refractivity contribution in [1.82, 2.24) is 15.1 Å². The summed E-state index contributed by atoms with van der Waals surface area (Å²) in [5.74, 6) is 0.108. The fraction of sp³-hybridized carbons (Fsp3) is 0.706. The van der Waals surface area contributed by atoms with E-state index in [0.717, 1.165) is 32.8 Å². The Labute approximate surface area is 147 Å². The Hall–Kier alpha value is -0.990. The van der Waals surface area contributed by atoms with E-state index in [9.17, 15) is 4.79 Å². The third-order valence-electron chi connectivity index (χ3n) is 4.76. The van der Waals surface area contributed by atoms with Crippen molar-refractivity contribution < 1.29 is 14.3 Å². The molecule has 3 heterocycles. The van der Waals surface area contributed by atoms with Crippen molar-refractivity contribution in [2.24, 2.45) is 0 Å². The second kappa shape index (κ2) is 8.40. The van der Waals surface area contributed by atoms with Gasteiger partial charge in [0, 0.05) is 38.1 Å². The van der Waals surface area contributed by atoms with Crippen molar-refractivity contribution in [2.75, 3.05) is 53.0 Å². The highest BCUT2D eigenvalue weighted by atomic mass is 32.1. The summed E-state index contributed by atoms with van der Waals surface area (Å²) in [7, 11) is 1.90. The molecular formula is C17H27N3O3S. The van der Waals surface area contributed by atoms with Crippen molar-refractivity contribution in [3.05, 3.63) is 22.4 Å². The number of carbonyl (C=O) groups is 1. The topological polar surface area (TPSA) is 54.0 Å². The first-order chi connectivity index (χ1) is 11.7. The fourth-order valence-electron chi connectivity index (χ4n) is 3.35. The minimum absolute atomic E-state index is 0.0859. The molecule has 1 N–H and O–H groups in total. The number of likely N-dealkylation sites (N-methyl/N-ethyl adjacent to an activating group) is 1. The summed E-state index contributed by atoms with van der Waals surface area (Å²) in [5, 5.41) is 5.39.